The number of thiophene rings is 1. The molecule has 1 aromatic carbocycles. The molecule has 2 aromatic rings. The first kappa shape index (κ1) is 21.2. The van der Waals surface area contributed by atoms with Gasteiger partial charge in [0.1, 0.15) is 9.96 Å². The Morgan fingerprint density at radius 3 is 2.60 bits per heavy atom. The molecule has 4 rings (SSSR count). The van der Waals surface area contributed by atoms with Crippen LogP contribution in [-0.4, -0.2) is 45.5 Å². The second-order valence-electron chi connectivity index (χ2n) is 8.03. The molecule has 0 N–H and O–H groups in total. The molecule has 2 heterocycles. The minimum Gasteiger partial charge on any atom is -0.484 e. The molecule has 1 aliphatic heterocycles. The first-order valence-electron chi connectivity index (χ1n) is 10.5. The van der Waals surface area contributed by atoms with Crippen LogP contribution in [-0.2, 0) is 14.8 Å². The van der Waals surface area contributed by atoms with E-state index in [0.29, 0.717) is 27.6 Å². The van der Waals surface area contributed by atoms with Crippen molar-refractivity contribution in [1.82, 2.24) is 4.90 Å². The summed E-state index contributed by atoms with van der Waals surface area (Å²) in [6.45, 7) is 0.847. The van der Waals surface area contributed by atoms with Gasteiger partial charge in [0.15, 0.2) is 6.61 Å². The molecule has 2 atom stereocenters. The SMILES string of the molecule is CN(c1ccc(OCC(=O)N2CCC[C@@H]3CCCC[C@@H]32)cc1)S(=O)(=O)c1cccs1. The molecular weight excluding hydrogens is 420 g/mol. The van der Waals surface area contributed by atoms with E-state index in [1.807, 2.05) is 4.90 Å². The molecule has 0 radical (unpaired) electrons. The molecule has 0 bridgehead atoms. The minimum atomic E-state index is -3.56. The van der Waals surface area contributed by atoms with Crippen LogP contribution in [0.1, 0.15) is 38.5 Å². The average molecular weight is 449 g/mol. The van der Waals surface area contributed by atoms with Crippen LogP contribution >= 0.6 is 11.3 Å². The molecular formula is C22H28N2O4S2. The van der Waals surface area contributed by atoms with E-state index < -0.39 is 10.0 Å². The molecule has 1 aromatic heterocycles. The highest BCUT2D eigenvalue weighted by atomic mass is 32.2. The fourth-order valence-electron chi connectivity index (χ4n) is 4.60. The van der Waals surface area contributed by atoms with Crippen molar-refractivity contribution in [2.24, 2.45) is 5.92 Å². The van der Waals surface area contributed by atoms with Crippen molar-refractivity contribution in [2.75, 3.05) is 24.5 Å². The Morgan fingerprint density at radius 2 is 1.87 bits per heavy atom. The number of benzene rings is 1. The second kappa shape index (κ2) is 8.98. The molecule has 2 aliphatic rings. The van der Waals surface area contributed by atoms with Gasteiger partial charge in [-0.05, 0) is 67.3 Å². The number of piperidine rings is 1. The zero-order valence-corrected chi connectivity index (χ0v) is 18.8. The van der Waals surface area contributed by atoms with Crippen LogP contribution < -0.4 is 9.04 Å². The van der Waals surface area contributed by atoms with E-state index in [2.05, 4.69) is 0 Å². The van der Waals surface area contributed by atoms with Crippen LogP contribution in [0.4, 0.5) is 5.69 Å². The van der Waals surface area contributed by atoms with Gasteiger partial charge >= 0.3 is 0 Å². The number of likely N-dealkylation sites (tertiary alicyclic amines) is 1. The summed E-state index contributed by atoms with van der Waals surface area (Å²) < 4.78 is 32.6. The standard InChI is InChI=1S/C22H28N2O4S2/c1-23(30(26,27)22-9-5-15-29-22)18-10-12-19(13-11-18)28-16-21(25)24-14-4-7-17-6-2-3-8-20(17)24/h5,9-13,15,17,20H,2-4,6-8,14,16H2,1H3/t17-,20-/m0/s1. The Hall–Kier alpha value is -2.06. The van der Waals surface area contributed by atoms with Gasteiger partial charge in [-0.25, -0.2) is 8.42 Å². The average Bonchev–Trinajstić information content (AvgIpc) is 3.33. The summed E-state index contributed by atoms with van der Waals surface area (Å²) in [6, 6.07) is 10.5. The number of sulfonamides is 1. The molecule has 1 saturated heterocycles. The van der Waals surface area contributed by atoms with Crippen LogP contribution in [0.25, 0.3) is 0 Å². The maximum Gasteiger partial charge on any atom is 0.273 e. The third-order valence-corrected chi connectivity index (χ3v) is 9.39. The van der Waals surface area contributed by atoms with Crippen LogP contribution in [0.2, 0.25) is 0 Å². The van der Waals surface area contributed by atoms with Gasteiger partial charge < -0.3 is 9.64 Å². The van der Waals surface area contributed by atoms with E-state index >= 15 is 0 Å². The van der Waals surface area contributed by atoms with E-state index in [4.69, 9.17) is 4.74 Å². The number of ether oxygens (including phenoxy) is 1. The first-order chi connectivity index (χ1) is 14.5. The molecule has 0 spiro atoms. The van der Waals surface area contributed by atoms with Gasteiger partial charge in [0.2, 0.25) is 0 Å². The number of fused-ring (bicyclic) bond motifs is 1. The lowest BCUT2D eigenvalue weighted by Gasteiger charge is -2.44. The quantitative estimate of drug-likeness (QED) is 0.666. The molecule has 1 saturated carbocycles. The van der Waals surface area contributed by atoms with Crippen LogP contribution in [0.5, 0.6) is 5.75 Å². The normalized spacial score (nSPS) is 21.7. The number of rotatable bonds is 6. The largest absolute Gasteiger partial charge is 0.484 e. The van der Waals surface area contributed by atoms with Gasteiger partial charge in [-0.3, -0.25) is 9.10 Å². The van der Waals surface area contributed by atoms with Crippen LogP contribution in [0.3, 0.4) is 0 Å². The van der Waals surface area contributed by atoms with E-state index in [0.717, 1.165) is 19.4 Å². The zero-order valence-electron chi connectivity index (χ0n) is 17.2. The number of amides is 1. The van der Waals surface area contributed by atoms with Crippen molar-refractivity contribution >= 4 is 33.0 Å². The third-order valence-electron chi connectivity index (χ3n) is 6.24. The maximum atomic E-state index is 12.8. The Kier molecular flexibility index (Phi) is 6.34. The fraction of sp³-hybridized carbons (Fsp3) is 0.500. The van der Waals surface area contributed by atoms with Crippen molar-refractivity contribution in [3.8, 4) is 5.75 Å². The number of carbonyl (C=O) groups is 1. The first-order valence-corrected chi connectivity index (χ1v) is 12.8. The van der Waals surface area contributed by atoms with Gasteiger partial charge in [0.25, 0.3) is 15.9 Å². The van der Waals surface area contributed by atoms with E-state index in [9.17, 15) is 13.2 Å². The predicted octanol–water partition coefficient (Wildman–Crippen LogP) is 4.13. The summed E-state index contributed by atoms with van der Waals surface area (Å²) in [7, 11) is -2.03. The van der Waals surface area contributed by atoms with Crippen molar-refractivity contribution in [3.63, 3.8) is 0 Å². The van der Waals surface area contributed by atoms with Crippen LogP contribution in [0.15, 0.2) is 46.0 Å². The van der Waals surface area contributed by atoms with Crippen molar-refractivity contribution in [2.45, 2.75) is 48.8 Å². The topological polar surface area (TPSA) is 66.9 Å². The minimum absolute atomic E-state index is 0.0197. The lowest BCUT2D eigenvalue weighted by atomic mass is 9.78. The predicted molar refractivity (Wildman–Crippen MR) is 119 cm³/mol. The van der Waals surface area contributed by atoms with Gasteiger partial charge in [-0.2, -0.15) is 0 Å². The lowest BCUT2D eigenvalue weighted by molar-refractivity contribution is -0.139. The number of hydrogen-bond donors (Lipinski definition) is 0. The summed E-state index contributed by atoms with van der Waals surface area (Å²) >= 11 is 1.19. The fourth-order valence-corrected chi connectivity index (χ4v) is 6.96. The van der Waals surface area contributed by atoms with Gasteiger partial charge in [-0.1, -0.05) is 18.9 Å². The Bertz CT molecular complexity index is 956. The lowest BCUT2D eigenvalue weighted by Crippen LogP contribution is -2.51. The molecule has 8 heteroatoms. The Balaban J connectivity index is 1.36. The van der Waals surface area contributed by atoms with Crippen molar-refractivity contribution in [1.29, 1.82) is 0 Å². The summed E-state index contributed by atoms with van der Waals surface area (Å²) in [5, 5.41) is 1.74. The van der Waals surface area contributed by atoms with Gasteiger partial charge in [0, 0.05) is 19.6 Å². The summed E-state index contributed by atoms with van der Waals surface area (Å²) in [6.07, 6.45) is 7.14. The molecule has 0 unspecified atom stereocenters. The maximum absolute atomic E-state index is 12.8. The van der Waals surface area contributed by atoms with Crippen molar-refractivity contribution in [3.05, 3.63) is 41.8 Å². The van der Waals surface area contributed by atoms with Gasteiger partial charge in [0.05, 0.1) is 5.69 Å². The van der Waals surface area contributed by atoms with Gasteiger partial charge in [-0.15, -0.1) is 11.3 Å². The summed E-state index contributed by atoms with van der Waals surface area (Å²) in [4.78, 5) is 14.8. The highest BCUT2D eigenvalue weighted by Crippen LogP contribution is 2.35. The second-order valence-corrected chi connectivity index (χ2v) is 11.2. The van der Waals surface area contributed by atoms with E-state index in [1.54, 1.807) is 41.8 Å². The molecule has 2 fully saturated rings. The van der Waals surface area contributed by atoms with E-state index in [-0.39, 0.29) is 12.5 Å². The highest BCUT2D eigenvalue weighted by molar-refractivity contribution is 7.94. The summed E-state index contributed by atoms with van der Waals surface area (Å²) in [5.41, 5.74) is 0.545. The highest BCUT2D eigenvalue weighted by Gasteiger charge is 2.35. The van der Waals surface area contributed by atoms with Crippen LogP contribution in [0, 0.1) is 5.92 Å². The molecule has 6 nitrogen and oxygen atoms in total. The van der Waals surface area contributed by atoms with Crippen molar-refractivity contribution < 1.29 is 17.9 Å². The number of nitrogens with zero attached hydrogens (tertiary/aromatic N) is 2. The molecule has 162 valence electrons. The monoisotopic (exact) mass is 448 g/mol. The number of anilines is 1. The Morgan fingerprint density at radius 1 is 1.13 bits per heavy atom. The Labute approximate surface area is 182 Å². The number of carbonyl (C=O) groups excluding carboxylic acids is 1. The van der Waals surface area contributed by atoms with E-state index in [1.165, 1.54) is 48.4 Å². The number of hydrogen-bond acceptors (Lipinski definition) is 5. The third kappa shape index (κ3) is 4.34. The molecule has 1 amide bonds. The smallest absolute Gasteiger partial charge is 0.273 e. The summed E-state index contributed by atoms with van der Waals surface area (Å²) in [5.74, 6) is 1.26. The molecule has 1 aliphatic carbocycles. The molecule has 30 heavy (non-hydrogen) atoms. The zero-order chi connectivity index (χ0) is 21.1.